The summed E-state index contributed by atoms with van der Waals surface area (Å²) in [6.45, 7) is 5.61. The molecular formula is C23H30N4O4. The summed E-state index contributed by atoms with van der Waals surface area (Å²) in [5, 5.41) is 7.10. The van der Waals surface area contributed by atoms with Crippen molar-refractivity contribution in [1.82, 2.24) is 15.4 Å². The summed E-state index contributed by atoms with van der Waals surface area (Å²) < 4.78 is 11.2. The Bertz CT molecular complexity index is 913. The fraction of sp³-hybridized carbons (Fsp3) is 0.522. The Balaban J connectivity index is 1.64. The van der Waals surface area contributed by atoms with Gasteiger partial charge in [0.2, 0.25) is 5.91 Å². The number of nitrogens with one attached hydrogen (secondary N) is 1. The zero-order chi connectivity index (χ0) is 21.8. The number of amides is 2. The lowest BCUT2D eigenvalue weighted by Crippen LogP contribution is -2.49. The van der Waals surface area contributed by atoms with Crippen molar-refractivity contribution < 1.29 is 18.8 Å². The van der Waals surface area contributed by atoms with E-state index in [0.717, 1.165) is 12.0 Å². The molecule has 2 aliphatic rings. The minimum absolute atomic E-state index is 0.0612. The summed E-state index contributed by atoms with van der Waals surface area (Å²) in [7, 11) is 1.68. The lowest BCUT2D eigenvalue weighted by molar-refractivity contribution is -0.133. The Labute approximate surface area is 182 Å². The summed E-state index contributed by atoms with van der Waals surface area (Å²) in [4.78, 5) is 30.1. The zero-order valence-corrected chi connectivity index (χ0v) is 18.2. The van der Waals surface area contributed by atoms with Crippen molar-refractivity contribution in [3.8, 4) is 11.3 Å². The number of rotatable bonds is 5. The van der Waals surface area contributed by atoms with Crippen LogP contribution in [0.4, 0.5) is 5.82 Å². The molecule has 2 aromatic rings. The van der Waals surface area contributed by atoms with Crippen molar-refractivity contribution in [1.29, 1.82) is 0 Å². The van der Waals surface area contributed by atoms with E-state index in [-0.39, 0.29) is 11.8 Å². The van der Waals surface area contributed by atoms with Crippen LogP contribution in [-0.4, -0.2) is 68.3 Å². The first-order chi connectivity index (χ1) is 15.1. The molecule has 0 atom stereocenters. The fourth-order valence-electron chi connectivity index (χ4n) is 4.55. The molecular weight excluding hydrogens is 396 g/mol. The molecule has 8 nitrogen and oxygen atoms in total. The Hall–Kier alpha value is -2.87. The molecule has 0 saturated carbocycles. The highest BCUT2D eigenvalue weighted by Crippen LogP contribution is 2.38. The highest BCUT2D eigenvalue weighted by molar-refractivity contribution is 6.04. The topological polar surface area (TPSA) is 87.9 Å². The zero-order valence-electron chi connectivity index (χ0n) is 18.2. The number of piperidine rings is 1. The first-order valence-electron chi connectivity index (χ1n) is 11.0. The van der Waals surface area contributed by atoms with Crippen molar-refractivity contribution in [3.05, 3.63) is 35.9 Å². The molecule has 0 spiro atoms. The smallest absolute Gasteiger partial charge is 0.261 e. The van der Waals surface area contributed by atoms with Gasteiger partial charge in [0.25, 0.3) is 5.91 Å². The van der Waals surface area contributed by atoms with Gasteiger partial charge < -0.3 is 24.4 Å². The second kappa shape index (κ2) is 9.09. The maximum Gasteiger partial charge on any atom is 0.261 e. The van der Waals surface area contributed by atoms with Gasteiger partial charge in [-0.3, -0.25) is 9.59 Å². The van der Waals surface area contributed by atoms with E-state index in [1.807, 2.05) is 42.2 Å². The maximum atomic E-state index is 13.7. The predicted octanol–water partition coefficient (Wildman–Crippen LogP) is 2.56. The van der Waals surface area contributed by atoms with Crippen molar-refractivity contribution >= 4 is 17.6 Å². The number of likely N-dealkylation sites (tertiary alicyclic amines) is 1. The van der Waals surface area contributed by atoms with Gasteiger partial charge in [-0.15, -0.1) is 0 Å². The molecule has 8 heteroatoms. The highest BCUT2D eigenvalue weighted by Gasteiger charge is 2.41. The first kappa shape index (κ1) is 21.4. The van der Waals surface area contributed by atoms with Crippen LogP contribution in [0.5, 0.6) is 0 Å². The Morgan fingerprint density at radius 3 is 2.39 bits per heavy atom. The van der Waals surface area contributed by atoms with E-state index < -0.39 is 5.41 Å². The molecule has 4 rings (SSSR count). The summed E-state index contributed by atoms with van der Waals surface area (Å²) >= 11 is 0. The van der Waals surface area contributed by atoms with Crippen molar-refractivity contribution in [2.75, 3.05) is 51.3 Å². The van der Waals surface area contributed by atoms with Crippen molar-refractivity contribution in [2.45, 2.75) is 26.2 Å². The molecule has 0 radical (unpaired) electrons. The SMILES string of the molecule is CCC1(C(=O)NC)CCN(C(=O)c2c(N3CCOCC3)noc2-c2ccccc2)CC1. The quantitative estimate of drug-likeness (QED) is 0.791. The molecule has 1 aromatic carbocycles. The largest absolute Gasteiger partial charge is 0.378 e. The lowest BCUT2D eigenvalue weighted by atomic mass is 9.75. The molecule has 166 valence electrons. The average molecular weight is 427 g/mol. The third-order valence-electron chi connectivity index (χ3n) is 6.63. The summed E-state index contributed by atoms with van der Waals surface area (Å²) in [5.74, 6) is 1.03. The van der Waals surface area contributed by atoms with E-state index >= 15 is 0 Å². The molecule has 2 amide bonds. The molecule has 31 heavy (non-hydrogen) atoms. The number of hydrogen-bond donors (Lipinski definition) is 1. The second-order valence-corrected chi connectivity index (χ2v) is 8.18. The van der Waals surface area contributed by atoms with Crippen LogP contribution in [0, 0.1) is 5.41 Å². The van der Waals surface area contributed by atoms with Crippen molar-refractivity contribution in [2.24, 2.45) is 5.41 Å². The number of carbonyl (C=O) groups excluding carboxylic acids is 2. The van der Waals surface area contributed by atoms with E-state index in [4.69, 9.17) is 9.26 Å². The first-order valence-corrected chi connectivity index (χ1v) is 11.0. The molecule has 0 bridgehead atoms. The minimum atomic E-state index is -0.407. The average Bonchev–Trinajstić information content (AvgIpc) is 3.29. The third-order valence-corrected chi connectivity index (χ3v) is 6.63. The fourth-order valence-corrected chi connectivity index (χ4v) is 4.55. The molecule has 2 aliphatic heterocycles. The van der Waals surface area contributed by atoms with Gasteiger partial charge in [-0.1, -0.05) is 42.4 Å². The predicted molar refractivity (Wildman–Crippen MR) is 117 cm³/mol. The summed E-state index contributed by atoms with van der Waals surface area (Å²) in [6, 6.07) is 9.60. The number of benzene rings is 1. The second-order valence-electron chi connectivity index (χ2n) is 8.18. The van der Waals surface area contributed by atoms with Gasteiger partial charge in [0, 0.05) is 38.8 Å². The van der Waals surface area contributed by atoms with E-state index in [1.165, 1.54) is 0 Å². The van der Waals surface area contributed by atoms with Gasteiger partial charge in [0.1, 0.15) is 5.56 Å². The van der Waals surface area contributed by atoms with E-state index in [0.29, 0.717) is 69.4 Å². The standard InChI is InChI=1S/C23H30N4O4/c1-3-23(22(29)24-2)9-11-27(12-10-23)21(28)18-19(17-7-5-4-6-8-17)31-25-20(18)26-13-15-30-16-14-26/h4-8H,3,9-16H2,1-2H3,(H,24,29). The third kappa shape index (κ3) is 4.04. The number of aromatic nitrogens is 1. The normalized spacial score (nSPS) is 18.6. The van der Waals surface area contributed by atoms with Gasteiger partial charge >= 0.3 is 0 Å². The molecule has 0 unspecified atom stereocenters. The van der Waals surface area contributed by atoms with Crippen LogP contribution in [-0.2, 0) is 9.53 Å². The summed E-state index contributed by atoms with van der Waals surface area (Å²) in [6.07, 6.45) is 2.05. The van der Waals surface area contributed by atoms with E-state index in [9.17, 15) is 9.59 Å². The van der Waals surface area contributed by atoms with Crippen LogP contribution in [0.1, 0.15) is 36.5 Å². The van der Waals surface area contributed by atoms with Gasteiger partial charge in [-0.25, -0.2) is 0 Å². The van der Waals surface area contributed by atoms with Crippen LogP contribution in [0.2, 0.25) is 0 Å². The van der Waals surface area contributed by atoms with Gasteiger partial charge in [-0.2, -0.15) is 0 Å². The molecule has 1 N–H and O–H groups in total. The Morgan fingerprint density at radius 2 is 1.77 bits per heavy atom. The van der Waals surface area contributed by atoms with Crippen LogP contribution in [0.3, 0.4) is 0 Å². The summed E-state index contributed by atoms with van der Waals surface area (Å²) in [5.41, 5.74) is 0.912. The number of anilines is 1. The van der Waals surface area contributed by atoms with E-state index in [2.05, 4.69) is 15.4 Å². The molecule has 2 saturated heterocycles. The number of ether oxygens (including phenoxy) is 1. The number of carbonyl (C=O) groups is 2. The van der Waals surface area contributed by atoms with Gasteiger partial charge in [0.15, 0.2) is 11.6 Å². The maximum absolute atomic E-state index is 13.7. The van der Waals surface area contributed by atoms with Gasteiger partial charge in [-0.05, 0) is 19.3 Å². The molecule has 3 heterocycles. The van der Waals surface area contributed by atoms with Crippen LogP contribution in [0.15, 0.2) is 34.9 Å². The minimum Gasteiger partial charge on any atom is -0.378 e. The molecule has 2 fully saturated rings. The lowest BCUT2D eigenvalue weighted by Gasteiger charge is -2.40. The number of nitrogens with zero attached hydrogens (tertiary/aromatic N) is 3. The Morgan fingerprint density at radius 1 is 1.10 bits per heavy atom. The monoisotopic (exact) mass is 426 g/mol. The van der Waals surface area contributed by atoms with Crippen LogP contribution >= 0.6 is 0 Å². The van der Waals surface area contributed by atoms with E-state index in [1.54, 1.807) is 7.05 Å². The Kier molecular flexibility index (Phi) is 6.27. The number of morpholine rings is 1. The van der Waals surface area contributed by atoms with Gasteiger partial charge in [0.05, 0.1) is 18.6 Å². The molecule has 1 aromatic heterocycles. The van der Waals surface area contributed by atoms with Crippen molar-refractivity contribution in [3.63, 3.8) is 0 Å². The van der Waals surface area contributed by atoms with Crippen LogP contribution < -0.4 is 10.2 Å². The number of hydrogen-bond acceptors (Lipinski definition) is 6. The van der Waals surface area contributed by atoms with Crippen LogP contribution in [0.25, 0.3) is 11.3 Å². The molecule has 0 aliphatic carbocycles. The highest BCUT2D eigenvalue weighted by atomic mass is 16.5.